The van der Waals surface area contributed by atoms with Gasteiger partial charge in [0.2, 0.25) is 0 Å². The van der Waals surface area contributed by atoms with Crippen LogP contribution in [0.25, 0.3) is 0 Å². The van der Waals surface area contributed by atoms with E-state index in [9.17, 15) is 4.79 Å². The average molecular weight is 273 g/mol. The summed E-state index contributed by atoms with van der Waals surface area (Å²) < 4.78 is 10.7. The number of methoxy groups -OCH3 is 2. The number of ether oxygens (including phenoxy) is 2. The molecule has 0 bridgehead atoms. The minimum absolute atomic E-state index is 0.211. The first-order chi connectivity index (χ1) is 7.19. The number of carbonyl (C=O) groups excluding carboxylic acids is 1. The van der Waals surface area contributed by atoms with Crippen LogP contribution in [0.2, 0.25) is 0 Å². The lowest BCUT2D eigenvalue weighted by molar-refractivity contribution is -0.140. The van der Waals surface area contributed by atoms with E-state index >= 15 is 0 Å². The summed E-state index contributed by atoms with van der Waals surface area (Å²) in [6.45, 7) is 0. The molecule has 0 aliphatic rings. The Labute approximate surface area is 97.5 Å². The van der Waals surface area contributed by atoms with Gasteiger partial charge in [0.1, 0.15) is 5.75 Å². The molecule has 0 fully saturated rings. The second-order valence-electron chi connectivity index (χ2n) is 3.01. The van der Waals surface area contributed by atoms with E-state index in [4.69, 9.17) is 4.74 Å². The SMILES string of the molecule is COC(=O)CCc1cccc(Br)c1OC. The zero-order valence-corrected chi connectivity index (χ0v) is 10.3. The lowest BCUT2D eigenvalue weighted by Crippen LogP contribution is -2.03. The molecular formula is C11H13BrO3. The van der Waals surface area contributed by atoms with E-state index in [2.05, 4.69) is 20.7 Å². The van der Waals surface area contributed by atoms with E-state index in [-0.39, 0.29) is 5.97 Å². The van der Waals surface area contributed by atoms with Gasteiger partial charge in [-0.2, -0.15) is 0 Å². The van der Waals surface area contributed by atoms with Gasteiger partial charge >= 0.3 is 5.97 Å². The second-order valence-corrected chi connectivity index (χ2v) is 3.86. The number of rotatable bonds is 4. The second kappa shape index (κ2) is 5.75. The van der Waals surface area contributed by atoms with Gasteiger partial charge in [-0.1, -0.05) is 12.1 Å². The fourth-order valence-corrected chi connectivity index (χ4v) is 1.89. The lowest BCUT2D eigenvalue weighted by atomic mass is 10.1. The van der Waals surface area contributed by atoms with Gasteiger partial charge in [0.05, 0.1) is 18.7 Å². The Morgan fingerprint density at radius 3 is 2.73 bits per heavy atom. The molecule has 0 unspecified atom stereocenters. The summed E-state index contributed by atoms with van der Waals surface area (Å²) in [5, 5.41) is 0. The minimum Gasteiger partial charge on any atom is -0.495 e. The van der Waals surface area contributed by atoms with Gasteiger partial charge in [-0.05, 0) is 34.0 Å². The summed E-state index contributed by atoms with van der Waals surface area (Å²) in [5.74, 6) is 0.568. The Morgan fingerprint density at radius 2 is 2.13 bits per heavy atom. The molecule has 0 aliphatic carbocycles. The minimum atomic E-state index is -0.211. The number of para-hydroxylation sites is 1. The lowest BCUT2D eigenvalue weighted by Gasteiger charge is -2.09. The third kappa shape index (κ3) is 3.23. The molecule has 0 saturated carbocycles. The standard InChI is InChI=1S/C11H13BrO3/c1-14-10(13)7-6-8-4-3-5-9(12)11(8)15-2/h3-5H,6-7H2,1-2H3. The maximum atomic E-state index is 11.0. The Kier molecular flexibility index (Phi) is 4.62. The summed E-state index contributed by atoms with van der Waals surface area (Å²) in [6.07, 6.45) is 0.985. The first-order valence-electron chi connectivity index (χ1n) is 4.57. The van der Waals surface area contributed by atoms with Crippen molar-refractivity contribution in [1.82, 2.24) is 0 Å². The number of hydrogen-bond acceptors (Lipinski definition) is 3. The number of halogens is 1. The topological polar surface area (TPSA) is 35.5 Å². The van der Waals surface area contributed by atoms with E-state index in [1.54, 1.807) is 7.11 Å². The predicted molar refractivity (Wildman–Crippen MR) is 61.0 cm³/mol. The molecule has 0 N–H and O–H groups in total. The molecule has 1 aromatic carbocycles. The van der Waals surface area contributed by atoms with Crippen LogP contribution in [0.5, 0.6) is 5.75 Å². The molecule has 0 radical (unpaired) electrons. The Bertz CT molecular complexity index is 350. The maximum absolute atomic E-state index is 11.0. The van der Waals surface area contributed by atoms with Crippen molar-refractivity contribution in [3.63, 3.8) is 0 Å². The maximum Gasteiger partial charge on any atom is 0.305 e. The summed E-state index contributed by atoms with van der Waals surface area (Å²) >= 11 is 3.39. The summed E-state index contributed by atoms with van der Waals surface area (Å²) in [5.41, 5.74) is 0.997. The Hall–Kier alpha value is -1.03. The normalized spacial score (nSPS) is 9.80. The molecule has 1 aromatic rings. The van der Waals surface area contributed by atoms with Crippen LogP contribution in [0.3, 0.4) is 0 Å². The van der Waals surface area contributed by atoms with Crippen LogP contribution >= 0.6 is 15.9 Å². The number of hydrogen-bond donors (Lipinski definition) is 0. The van der Waals surface area contributed by atoms with E-state index in [0.29, 0.717) is 12.8 Å². The van der Waals surface area contributed by atoms with Crippen LogP contribution in [0.15, 0.2) is 22.7 Å². The quantitative estimate of drug-likeness (QED) is 0.791. The van der Waals surface area contributed by atoms with Crippen molar-refractivity contribution in [3.8, 4) is 5.75 Å². The summed E-state index contributed by atoms with van der Waals surface area (Å²) in [6, 6.07) is 5.76. The number of esters is 1. The van der Waals surface area contributed by atoms with E-state index in [1.807, 2.05) is 18.2 Å². The van der Waals surface area contributed by atoms with E-state index in [0.717, 1.165) is 15.8 Å². The van der Waals surface area contributed by atoms with Crippen molar-refractivity contribution in [2.75, 3.05) is 14.2 Å². The zero-order valence-electron chi connectivity index (χ0n) is 8.75. The summed E-state index contributed by atoms with van der Waals surface area (Å²) in [4.78, 5) is 11.0. The number of benzene rings is 1. The van der Waals surface area contributed by atoms with Gasteiger partial charge in [0.25, 0.3) is 0 Å². The average Bonchev–Trinajstić information content (AvgIpc) is 2.25. The van der Waals surface area contributed by atoms with Crippen LogP contribution in [0.4, 0.5) is 0 Å². The first-order valence-corrected chi connectivity index (χ1v) is 5.36. The van der Waals surface area contributed by atoms with Gasteiger partial charge < -0.3 is 9.47 Å². The fourth-order valence-electron chi connectivity index (χ4n) is 1.32. The highest BCUT2D eigenvalue weighted by atomic mass is 79.9. The van der Waals surface area contributed by atoms with E-state index in [1.165, 1.54) is 7.11 Å². The monoisotopic (exact) mass is 272 g/mol. The van der Waals surface area contributed by atoms with Crippen molar-refractivity contribution in [3.05, 3.63) is 28.2 Å². The van der Waals surface area contributed by atoms with Gasteiger partial charge in [-0.25, -0.2) is 0 Å². The Balaban J connectivity index is 2.76. The van der Waals surface area contributed by atoms with Gasteiger partial charge in [0.15, 0.2) is 0 Å². The third-order valence-electron chi connectivity index (χ3n) is 2.08. The van der Waals surface area contributed by atoms with Crippen molar-refractivity contribution in [2.24, 2.45) is 0 Å². The first kappa shape index (κ1) is 12.0. The largest absolute Gasteiger partial charge is 0.495 e. The van der Waals surface area contributed by atoms with E-state index < -0.39 is 0 Å². The predicted octanol–water partition coefficient (Wildman–Crippen LogP) is 2.56. The van der Waals surface area contributed by atoms with Gasteiger partial charge in [-0.3, -0.25) is 4.79 Å². The van der Waals surface area contributed by atoms with Crippen LogP contribution in [-0.4, -0.2) is 20.2 Å². The smallest absolute Gasteiger partial charge is 0.305 e. The molecule has 82 valence electrons. The van der Waals surface area contributed by atoms with Gasteiger partial charge in [-0.15, -0.1) is 0 Å². The van der Waals surface area contributed by atoms with Crippen LogP contribution in [-0.2, 0) is 16.0 Å². The van der Waals surface area contributed by atoms with Crippen molar-refractivity contribution in [2.45, 2.75) is 12.8 Å². The third-order valence-corrected chi connectivity index (χ3v) is 2.70. The highest BCUT2D eigenvalue weighted by Crippen LogP contribution is 2.29. The molecule has 0 atom stereocenters. The number of aryl methyl sites for hydroxylation is 1. The molecule has 0 amide bonds. The van der Waals surface area contributed by atoms with Crippen LogP contribution in [0, 0.1) is 0 Å². The molecule has 0 saturated heterocycles. The molecule has 3 nitrogen and oxygen atoms in total. The van der Waals surface area contributed by atoms with Crippen LogP contribution in [0.1, 0.15) is 12.0 Å². The molecule has 1 rings (SSSR count). The number of carbonyl (C=O) groups is 1. The molecular weight excluding hydrogens is 260 g/mol. The molecule has 0 spiro atoms. The highest BCUT2D eigenvalue weighted by molar-refractivity contribution is 9.10. The van der Waals surface area contributed by atoms with Crippen molar-refractivity contribution in [1.29, 1.82) is 0 Å². The molecule has 15 heavy (non-hydrogen) atoms. The fraction of sp³-hybridized carbons (Fsp3) is 0.364. The summed E-state index contributed by atoms with van der Waals surface area (Å²) in [7, 11) is 3.00. The molecule has 4 heteroatoms. The zero-order chi connectivity index (χ0) is 11.3. The van der Waals surface area contributed by atoms with Crippen molar-refractivity contribution < 1.29 is 14.3 Å². The highest BCUT2D eigenvalue weighted by Gasteiger charge is 2.08. The van der Waals surface area contributed by atoms with Crippen LogP contribution < -0.4 is 4.74 Å². The van der Waals surface area contributed by atoms with Crippen molar-refractivity contribution >= 4 is 21.9 Å². The molecule has 0 aliphatic heterocycles. The molecule has 0 aromatic heterocycles. The molecule has 0 heterocycles. The Morgan fingerprint density at radius 1 is 1.40 bits per heavy atom. The van der Waals surface area contributed by atoms with Gasteiger partial charge in [0, 0.05) is 6.42 Å².